The third-order valence-corrected chi connectivity index (χ3v) is 16.5. The maximum atomic E-state index is 13.4. The van der Waals surface area contributed by atoms with E-state index in [0.717, 1.165) is 86.8 Å². The number of aromatic carboxylic acids is 1. The first-order valence-corrected chi connectivity index (χ1v) is 28.3. The number of amides is 1. The number of aromatic amines is 2. The van der Waals surface area contributed by atoms with Gasteiger partial charge in [-0.15, -0.1) is 0 Å². The van der Waals surface area contributed by atoms with Gasteiger partial charge in [-0.05, 0) is 37.8 Å². The molecule has 4 saturated heterocycles. The Morgan fingerprint density at radius 2 is 1.02 bits per heavy atom. The van der Waals surface area contributed by atoms with Crippen LogP contribution in [-0.2, 0) is 9.47 Å². The number of ether oxygens (including phenoxy) is 2. The minimum atomic E-state index is -1.09. The number of carboxylic acid groups (broad SMARTS) is 1. The number of carbonyl (C=O) groups excluding carboxylic acids is 3. The summed E-state index contributed by atoms with van der Waals surface area (Å²) in [6.45, 7) is 3.40. The first-order chi connectivity index (χ1) is 41.7. The van der Waals surface area contributed by atoms with Gasteiger partial charge in [0.25, 0.3) is 5.91 Å². The quantitative estimate of drug-likeness (QED) is 0.0938. The number of ketones is 2. The monoisotopic (exact) mass is 1140 g/mol. The standard InChI is InChI=1S/C30H27N9O3.C27H26N6O2.C3H3N3O2/c40-24-8-9-31-29-25(24)26(19-10-20-14-42-15-21(11-19)38(20)30(41)27-33-16-34-37-27)36-28-22(13-35-39(28)29)18-6-7-23(32-12-18)17-4-2-1-3-5-17;34-23-8-9-28-27-24(23)25(18-10-19-14-35-15-20(11-18)31-19)32-26-21(13-30-33(26)27)17-6-7-22(29-12-17)16-4-2-1-3-5-16;7-3(8)2-4-1-5-6-2/h1-7,12-13,16,19-21,31H,8-11,14-15H2,(H,33,34,37);1-7,12-13,18-20,28,31H,8-11,14-15H2;1H,(H,7,8)(H,4,5,6). The van der Waals surface area contributed by atoms with Crippen molar-refractivity contribution in [1.82, 2.24) is 79.7 Å². The van der Waals surface area contributed by atoms with Crippen molar-refractivity contribution in [3.8, 4) is 44.8 Å². The van der Waals surface area contributed by atoms with Crippen LogP contribution in [0.25, 0.3) is 56.1 Å². The van der Waals surface area contributed by atoms with Crippen molar-refractivity contribution < 1.29 is 33.8 Å². The Kier molecular flexibility index (Phi) is 14.1. The molecule has 85 heavy (non-hydrogen) atoms. The summed E-state index contributed by atoms with van der Waals surface area (Å²) >= 11 is 0. The molecule has 4 bridgehead atoms. The zero-order chi connectivity index (χ0) is 57.5. The summed E-state index contributed by atoms with van der Waals surface area (Å²) in [4.78, 5) is 78.7. The Bertz CT molecular complexity index is 4080. The lowest BCUT2D eigenvalue weighted by Crippen LogP contribution is -2.59. The van der Waals surface area contributed by atoms with Gasteiger partial charge < -0.3 is 35.4 Å². The summed E-state index contributed by atoms with van der Waals surface area (Å²) in [5, 5.41) is 40.0. The Labute approximate surface area is 484 Å². The van der Waals surface area contributed by atoms with Gasteiger partial charge in [-0.25, -0.2) is 24.7 Å². The van der Waals surface area contributed by atoms with E-state index in [1.165, 1.54) is 6.33 Å². The van der Waals surface area contributed by atoms with Crippen LogP contribution < -0.4 is 16.0 Å². The minimum Gasteiger partial charge on any atom is -0.475 e. The number of nitrogens with zero attached hydrogens (tertiary/aromatic N) is 13. The van der Waals surface area contributed by atoms with Crippen molar-refractivity contribution in [2.24, 2.45) is 0 Å². The van der Waals surface area contributed by atoms with E-state index < -0.39 is 5.97 Å². The van der Waals surface area contributed by atoms with E-state index in [9.17, 15) is 19.2 Å². The number of carbonyl (C=O) groups is 4. The predicted molar refractivity (Wildman–Crippen MR) is 308 cm³/mol. The molecule has 0 aliphatic carbocycles. The van der Waals surface area contributed by atoms with Crippen molar-refractivity contribution in [2.75, 3.05) is 50.2 Å². The van der Waals surface area contributed by atoms with Crippen molar-refractivity contribution in [3.05, 3.63) is 157 Å². The topological polar surface area (TPSA) is 316 Å². The second-order valence-corrected chi connectivity index (χ2v) is 21.8. The molecule has 4 unspecified atom stereocenters. The summed E-state index contributed by atoms with van der Waals surface area (Å²) < 4.78 is 15.1. The zero-order valence-corrected chi connectivity index (χ0v) is 45.7. The number of Topliss-reactive ketones (excluding diaryl/α,β-unsaturated/α-hetero) is 2. The Morgan fingerprint density at radius 1 is 0.541 bits per heavy atom. The number of pyridine rings is 2. The Hall–Kier alpha value is -9.98. The van der Waals surface area contributed by atoms with Gasteiger partial charge in [0.2, 0.25) is 11.6 Å². The van der Waals surface area contributed by atoms with E-state index in [2.05, 4.69) is 74.7 Å². The molecule has 25 heteroatoms. The maximum absolute atomic E-state index is 13.4. The number of anilines is 2. The number of hydrogen-bond donors (Lipinski definition) is 6. The van der Waals surface area contributed by atoms with E-state index in [1.807, 2.05) is 90.2 Å². The lowest BCUT2D eigenvalue weighted by atomic mass is 9.80. The summed E-state index contributed by atoms with van der Waals surface area (Å²) in [5.74, 6) is 0.622. The SMILES string of the molecule is O=C(O)c1ncn[nH]1.O=C1CCNc2c1c(C1CC3COCC(C1)N3)nc1c(-c3ccc(-c4ccccc4)nc3)cnn21.O=C1CCNc2c1c(C1CC3COCC(C1)N3C(=O)c1ncn[nH]1)nc1c(-c3ccc(-c4ccccc4)nc3)cnn21. The number of aromatic nitrogens is 14. The van der Waals surface area contributed by atoms with Crippen LogP contribution in [0.15, 0.2) is 122 Å². The van der Waals surface area contributed by atoms with E-state index in [1.54, 1.807) is 15.2 Å². The van der Waals surface area contributed by atoms with E-state index in [4.69, 9.17) is 34.5 Å². The largest absolute Gasteiger partial charge is 0.475 e. The van der Waals surface area contributed by atoms with Gasteiger partial charge in [0.05, 0.1) is 84.8 Å². The lowest BCUT2D eigenvalue weighted by molar-refractivity contribution is -0.0624. The first-order valence-electron chi connectivity index (χ1n) is 28.3. The highest BCUT2D eigenvalue weighted by Gasteiger charge is 2.45. The van der Waals surface area contributed by atoms with Gasteiger partial charge in [-0.3, -0.25) is 34.5 Å². The summed E-state index contributed by atoms with van der Waals surface area (Å²) in [6, 6.07) is 28.6. The summed E-state index contributed by atoms with van der Waals surface area (Å²) in [5.41, 5.74) is 11.9. The van der Waals surface area contributed by atoms with Crippen LogP contribution >= 0.6 is 0 Å². The zero-order valence-electron chi connectivity index (χ0n) is 45.7. The van der Waals surface area contributed by atoms with E-state index in [0.29, 0.717) is 99.9 Å². The highest BCUT2D eigenvalue weighted by Crippen LogP contribution is 2.43. The molecule has 14 heterocycles. The first kappa shape index (κ1) is 53.1. The van der Waals surface area contributed by atoms with Crippen LogP contribution in [0, 0.1) is 0 Å². The van der Waals surface area contributed by atoms with E-state index >= 15 is 0 Å². The maximum Gasteiger partial charge on any atom is 0.373 e. The third-order valence-electron chi connectivity index (χ3n) is 16.5. The number of fused-ring (bicyclic) bond motifs is 10. The third kappa shape index (κ3) is 10.2. The molecule has 1 amide bonds. The molecule has 6 N–H and O–H groups in total. The Morgan fingerprint density at radius 3 is 1.47 bits per heavy atom. The number of piperidine rings is 2. The fourth-order valence-electron chi connectivity index (χ4n) is 12.7. The molecule has 16 rings (SSSR count). The van der Waals surface area contributed by atoms with Gasteiger partial charge >= 0.3 is 5.97 Å². The fraction of sp³-hybridized carbons (Fsp3) is 0.300. The second kappa shape index (κ2) is 22.6. The van der Waals surface area contributed by atoms with Gasteiger partial charge in [-0.2, -0.15) is 29.4 Å². The molecule has 2 aromatic carbocycles. The molecular formula is C60H56N18O7. The molecule has 0 saturated carbocycles. The van der Waals surface area contributed by atoms with Crippen LogP contribution in [0.4, 0.5) is 11.6 Å². The van der Waals surface area contributed by atoms with E-state index in [-0.39, 0.29) is 53.0 Å². The highest BCUT2D eigenvalue weighted by atomic mass is 16.5. The van der Waals surface area contributed by atoms with Gasteiger partial charge in [0.1, 0.15) is 24.3 Å². The number of nitrogens with one attached hydrogen (secondary N) is 5. The number of rotatable bonds is 8. The summed E-state index contributed by atoms with van der Waals surface area (Å²) in [7, 11) is 0. The van der Waals surface area contributed by atoms with Crippen LogP contribution in [-0.4, -0.2) is 167 Å². The number of hydrogen-bond acceptors (Lipinski definition) is 19. The van der Waals surface area contributed by atoms with Crippen molar-refractivity contribution in [3.63, 3.8) is 0 Å². The minimum absolute atomic E-state index is 0.0355. The predicted octanol–water partition coefficient (Wildman–Crippen LogP) is 6.56. The number of morpholine rings is 2. The van der Waals surface area contributed by atoms with Crippen LogP contribution in [0.3, 0.4) is 0 Å². The normalized spacial score (nSPS) is 21.3. The molecular weight excluding hydrogens is 1080 g/mol. The van der Waals surface area contributed by atoms with Gasteiger partial charge in [-0.1, -0.05) is 72.8 Å². The number of H-pyrrole nitrogens is 2. The van der Waals surface area contributed by atoms with Crippen molar-refractivity contribution in [2.45, 2.75) is 74.5 Å². The van der Waals surface area contributed by atoms with Crippen LogP contribution in [0.5, 0.6) is 0 Å². The molecule has 428 valence electrons. The average molecular weight is 1140 g/mol. The number of carboxylic acids is 1. The van der Waals surface area contributed by atoms with Gasteiger partial charge in [0.15, 0.2) is 22.9 Å². The smallest absolute Gasteiger partial charge is 0.373 e. The molecule has 6 aliphatic heterocycles. The molecule has 8 aromatic heterocycles. The van der Waals surface area contributed by atoms with Crippen LogP contribution in [0.1, 0.15) is 104 Å². The fourth-order valence-corrected chi connectivity index (χ4v) is 12.7. The molecule has 4 atom stereocenters. The van der Waals surface area contributed by atoms with Crippen LogP contribution in [0.2, 0.25) is 0 Å². The molecule has 6 aliphatic rings. The molecule has 4 fully saturated rings. The van der Waals surface area contributed by atoms with Crippen molar-refractivity contribution in [1.29, 1.82) is 0 Å². The molecule has 0 spiro atoms. The highest BCUT2D eigenvalue weighted by molar-refractivity contribution is 6.05. The molecule has 0 radical (unpaired) electrons. The average Bonchev–Trinajstić information content (AvgIpc) is 3.02. The van der Waals surface area contributed by atoms with Gasteiger partial charge in [0, 0.05) is 95.6 Å². The molecule has 10 aromatic rings. The summed E-state index contributed by atoms with van der Waals surface area (Å²) in [6.07, 6.45) is 13.8. The second-order valence-electron chi connectivity index (χ2n) is 21.8. The number of benzene rings is 2. The lowest BCUT2D eigenvalue weighted by Gasteiger charge is -2.48. The van der Waals surface area contributed by atoms with Crippen molar-refractivity contribution >= 4 is 46.4 Å². The molecule has 25 nitrogen and oxygen atoms in total. The Balaban J connectivity index is 0.000000135.